The minimum absolute atomic E-state index is 0.237. The van der Waals surface area contributed by atoms with Crippen molar-refractivity contribution >= 4 is 6.09 Å². The normalized spacial score (nSPS) is 19.5. The number of hydrogen-bond donors (Lipinski definition) is 0. The van der Waals surface area contributed by atoms with E-state index in [1.54, 1.807) is 4.90 Å². The summed E-state index contributed by atoms with van der Waals surface area (Å²) in [6, 6.07) is 0. The summed E-state index contributed by atoms with van der Waals surface area (Å²) in [5.41, 5.74) is -0.438. The number of nitrogens with zero attached hydrogens (tertiary/aromatic N) is 3. The Labute approximate surface area is 124 Å². The van der Waals surface area contributed by atoms with E-state index in [0.29, 0.717) is 24.9 Å². The number of carbonyl (C=O) groups is 1. The largest absolute Gasteiger partial charge is 0.444 e. The highest BCUT2D eigenvalue weighted by Gasteiger charge is 2.34. The number of ether oxygens (including phenoxy) is 1. The number of aromatic nitrogens is 2. The van der Waals surface area contributed by atoms with Crippen molar-refractivity contribution in [3.05, 3.63) is 11.7 Å². The van der Waals surface area contributed by atoms with E-state index in [-0.39, 0.29) is 6.09 Å². The van der Waals surface area contributed by atoms with E-state index in [0.717, 1.165) is 24.6 Å². The van der Waals surface area contributed by atoms with Crippen LogP contribution in [-0.4, -0.2) is 39.8 Å². The van der Waals surface area contributed by atoms with Crippen LogP contribution in [0.25, 0.3) is 0 Å². The molecule has 1 aliphatic carbocycles. The van der Waals surface area contributed by atoms with E-state index in [9.17, 15) is 4.79 Å². The minimum Gasteiger partial charge on any atom is -0.444 e. The van der Waals surface area contributed by atoms with Crippen molar-refractivity contribution in [2.24, 2.45) is 11.8 Å². The molecular weight excluding hydrogens is 270 g/mol. The minimum atomic E-state index is -0.438. The molecule has 0 N–H and O–H groups in total. The van der Waals surface area contributed by atoms with Crippen LogP contribution in [0.3, 0.4) is 0 Å². The van der Waals surface area contributed by atoms with Crippen LogP contribution in [0.5, 0.6) is 0 Å². The lowest BCUT2D eigenvalue weighted by molar-refractivity contribution is -0.00186. The number of hydrogen-bond acceptors (Lipinski definition) is 5. The Balaban J connectivity index is 1.42. The molecule has 1 aliphatic heterocycles. The lowest BCUT2D eigenvalue weighted by atomic mass is 9.97. The summed E-state index contributed by atoms with van der Waals surface area (Å²) < 4.78 is 10.6. The number of likely N-dealkylation sites (tertiary alicyclic amines) is 1. The van der Waals surface area contributed by atoms with Crippen molar-refractivity contribution < 1.29 is 14.1 Å². The lowest BCUT2D eigenvalue weighted by Crippen LogP contribution is -2.52. The fourth-order valence-electron chi connectivity index (χ4n) is 2.46. The van der Waals surface area contributed by atoms with Crippen molar-refractivity contribution in [3.63, 3.8) is 0 Å². The molecule has 6 nitrogen and oxygen atoms in total. The van der Waals surface area contributed by atoms with Gasteiger partial charge >= 0.3 is 6.09 Å². The first-order valence-corrected chi connectivity index (χ1v) is 7.68. The van der Waals surface area contributed by atoms with Gasteiger partial charge in [0.25, 0.3) is 0 Å². The SMILES string of the molecule is CC(C)(C)OC(=O)N1CC(Cc2nc(CC3CC3)no2)C1. The van der Waals surface area contributed by atoms with Crippen LogP contribution < -0.4 is 0 Å². The summed E-state index contributed by atoms with van der Waals surface area (Å²) in [7, 11) is 0. The first-order chi connectivity index (χ1) is 9.89. The molecule has 1 saturated carbocycles. The summed E-state index contributed by atoms with van der Waals surface area (Å²) in [6.07, 6.45) is 4.03. The Morgan fingerprint density at radius 1 is 1.29 bits per heavy atom. The van der Waals surface area contributed by atoms with Crippen molar-refractivity contribution in [1.29, 1.82) is 0 Å². The van der Waals surface area contributed by atoms with E-state index >= 15 is 0 Å². The van der Waals surface area contributed by atoms with Gasteiger partial charge in [-0.25, -0.2) is 4.79 Å². The second kappa shape index (κ2) is 5.31. The van der Waals surface area contributed by atoms with Gasteiger partial charge in [0, 0.05) is 31.8 Å². The topological polar surface area (TPSA) is 68.5 Å². The van der Waals surface area contributed by atoms with Crippen LogP contribution in [-0.2, 0) is 17.6 Å². The summed E-state index contributed by atoms with van der Waals surface area (Å²) in [4.78, 5) is 18.0. The van der Waals surface area contributed by atoms with Crippen molar-refractivity contribution in [2.75, 3.05) is 13.1 Å². The van der Waals surface area contributed by atoms with Gasteiger partial charge in [-0.3, -0.25) is 0 Å². The molecule has 1 amide bonds. The summed E-state index contributed by atoms with van der Waals surface area (Å²) in [6.45, 7) is 7.04. The smallest absolute Gasteiger partial charge is 0.410 e. The third-order valence-corrected chi connectivity index (χ3v) is 3.75. The molecule has 2 heterocycles. The molecule has 0 unspecified atom stereocenters. The average molecular weight is 293 g/mol. The molecule has 0 aromatic carbocycles. The Kier molecular flexibility index (Phi) is 3.63. The maximum Gasteiger partial charge on any atom is 0.410 e. The standard InChI is InChI=1S/C15H23N3O3/c1-15(2,3)20-14(19)18-8-11(9-18)7-13-16-12(17-21-13)6-10-4-5-10/h10-11H,4-9H2,1-3H3. The molecule has 0 radical (unpaired) electrons. The first-order valence-electron chi connectivity index (χ1n) is 7.68. The molecule has 0 spiro atoms. The van der Waals surface area contributed by atoms with Gasteiger partial charge in [-0.1, -0.05) is 5.16 Å². The monoisotopic (exact) mass is 293 g/mol. The predicted molar refractivity (Wildman–Crippen MR) is 75.7 cm³/mol. The fraction of sp³-hybridized carbons (Fsp3) is 0.800. The van der Waals surface area contributed by atoms with E-state index in [1.165, 1.54) is 12.8 Å². The molecule has 0 bridgehead atoms. The molecule has 21 heavy (non-hydrogen) atoms. The zero-order valence-corrected chi connectivity index (χ0v) is 13.0. The highest BCUT2D eigenvalue weighted by molar-refractivity contribution is 5.69. The van der Waals surface area contributed by atoms with E-state index in [2.05, 4.69) is 10.1 Å². The van der Waals surface area contributed by atoms with E-state index in [4.69, 9.17) is 9.26 Å². The van der Waals surface area contributed by atoms with E-state index in [1.807, 2.05) is 20.8 Å². The van der Waals surface area contributed by atoms with Crippen LogP contribution in [0.2, 0.25) is 0 Å². The van der Waals surface area contributed by atoms with Gasteiger partial charge in [-0.05, 0) is 39.5 Å². The van der Waals surface area contributed by atoms with Crippen molar-refractivity contribution in [3.8, 4) is 0 Å². The van der Waals surface area contributed by atoms with Crippen molar-refractivity contribution in [2.45, 2.75) is 52.1 Å². The summed E-state index contributed by atoms with van der Waals surface area (Å²) >= 11 is 0. The second-order valence-corrected chi connectivity index (χ2v) is 7.21. The first kappa shape index (κ1) is 14.4. The van der Waals surface area contributed by atoms with Gasteiger partial charge in [0.05, 0.1) is 0 Å². The zero-order valence-electron chi connectivity index (χ0n) is 13.0. The number of amides is 1. The highest BCUT2D eigenvalue weighted by atomic mass is 16.6. The average Bonchev–Trinajstić information content (AvgIpc) is 2.99. The molecule has 0 atom stereocenters. The Bertz CT molecular complexity index is 510. The maximum atomic E-state index is 11.8. The van der Waals surface area contributed by atoms with Gasteiger partial charge in [-0.2, -0.15) is 4.98 Å². The molecule has 6 heteroatoms. The second-order valence-electron chi connectivity index (χ2n) is 7.21. The quantitative estimate of drug-likeness (QED) is 0.852. The van der Waals surface area contributed by atoms with Gasteiger partial charge in [-0.15, -0.1) is 0 Å². The molecule has 2 aliphatic rings. The van der Waals surface area contributed by atoms with Crippen LogP contribution in [0.4, 0.5) is 4.79 Å². The zero-order chi connectivity index (χ0) is 15.0. The fourth-order valence-corrected chi connectivity index (χ4v) is 2.46. The highest BCUT2D eigenvalue weighted by Crippen LogP contribution is 2.32. The molecule has 2 fully saturated rings. The Morgan fingerprint density at radius 2 is 2.00 bits per heavy atom. The summed E-state index contributed by atoms with van der Waals surface area (Å²) in [5, 5.41) is 4.02. The number of carbonyl (C=O) groups excluding carboxylic acids is 1. The van der Waals surface area contributed by atoms with Crippen molar-refractivity contribution in [1.82, 2.24) is 15.0 Å². The Hall–Kier alpha value is -1.59. The molecule has 3 rings (SSSR count). The molecule has 1 saturated heterocycles. The molecular formula is C15H23N3O3. The van der Waals surface area contributed by atoms with Crippen LogP contribution in [0.15, 0.2) is 4.52 Å². The van der Waals surface area contributed by atoms with Gasteiger partial charge < -0.3 is 14.2 Å². The molecule has 116 valence electrons. The predicted octanol–water partition coefficient (Wildman–Crippen LogP) is 2.43. The van der Waals surface area contributed by atoms with Crippen LogP contribution in [0.1, 0.15) is 45.3 Å². The van der Waals surface area contributed by atoms with Crippen LogP contribution >= 0.6 is 0 Å². The molecule has 1 aromatic heterocycles. The van der Waals surface area contributed by atoms with Gasteiger partial charge in [0.2, 0.25) is 5.89 Å². The maximum absolute atomic E-state index is 11.8. The van der Waals surface area contributed by atoms with Gasteiger partial charge in [0.1, 0.15) is 5.60 Å². The molecule has 1 aromatic rings. The van der Waals surface area contributed by atoms with E-state index < -0.39 is 5.60 Å². The van der Waals surface area contributed by atoms with Crippen LogP contribution in [0, 0.1) is 11.8 Å². The van der Waals surface area contributed by atoms with Gasteiger partial charge in [0.15, 0.2) is 5.82 Å². The Morgan fingerprint density at radius 3 is 2.62 bits per heavy atom. The third kappa shape index (κ3) is 3.95. The summed E-state index contributed by atoms with van der Waals surface area (Å²) in [5.74, 6) is 2.68. The lowest BCUT2D eigenvalue weighted by Gasteiger charge is -2.39. The number of rotatable bonds is 4. The third-order valence-electron chi connectivity index (χ3n) is 3.75.